The Morgan fingerprint density at radius 1 is 1.29 bits per heavy atom. The molecule has 0 unspecified atom stereocenters. The van der Waals surface area contributed by atoms with Gasteiger partial charge in [0.15, 0.2) is 0 Å². The van der Waals surface area contributed by atoms with E-state index < -0.39 is 0 Å². The maximum atomic E-state index is 9.59. The van der Waals surface area contributed by atoms with Gasteiger partial charge in [-0.3, -0.25) is 0 Å². The van der Waals surface area contributed by atoms with Crippen molar-refractivity contribution in [2.75, 3.05) is 18.5 Å². The Kier molecular flexibility index (Phi) is 4.34. The van der Waals surface area contributed by atoms with E-state index in [1.54, 1.807) is 0 Å². The molecule has 0 aromatic carbocycles. The normalized spacial score (nSPS) is 18.9. The summed E-state index contributed by atoms with van der Waals surface area (Å²) in [5.74, 6) is 0.810. The Labute approximate surface area is 110 Å². The molecule has 1 aromatic heterocycles. The number of aromatic nitrogens is 2. The molecule has 1 saturated carbocycles. The van der Waals surface area contributed by atoms with Crippen LogP contribution in [0.15, 0.2) is 17.0 Å². The first-order valence-corrected chi connectivity index (χ1v) is 6.86. The lowest BCUT2D eigenvalue weighted by molar-refractivity contribution is 0.0943. The first kappa shape index (κ1) is 12.8. The van der Waals surface area contributed by atoms with Crippen LogP contribution in [-0.2, 0) is 0 Å². The predicted octanol–water partition coefficient (Wildman–Crippen LogP) is 2.59. The van der Waals surface area contributed by atoms with Crippen LogP contribution < -0.4 is 5.32 Å². The number of nitrogens with one attached hydrogen (secondary N) is 1. The van der Waals surface area contributed by atoms with E-state index in [4.69, 9.17) is 0 Å². The Hall–Kier alpha value is -0.680. The third kappa shape index (κ3) is 3.39. The molecular formula is C12H18BrN3O. The lowest BCUT2D eigenvalue weighted by Crippen LogP contribution is -2.35. The zero-order valence-electron chi connectivity index (χ0n) is 9.82. The standard InChI is InChI=1S/C12H18BrN3O/c13-10-6-11(16-9-15-10)14-7-12(8-17)4-2-1-3-5-12/h6,9,17H,1-5,7-8H2,(H,14,15,16). The van der Waals surface area contributed by atoms with Crippen molar-refractivity contribution in [2.45, 2.75) is 32.1 Å². The lowest BCUT2D eigenvalue weighted by Gasteiger charge is -2.35. The van der Waals surface area contributed by atoms with Crippen LogP contribution in [0.1, 0.15) is 32.1 Å². The molecule has 4 nitrogen and oxygen atoms in total. The minimum atomic E-state index is 0.0374. The fourth-order valence-electron chi connectivity index (χ4n) is 2.40. The second-order valence-corrected chi connectivity index (χ2v) is 5.61. The Balaban J connectivity index is 1.95. The molecule has 0 bridgehead atoms. The number of aliphatic hydroxyl groups excluding tert-OH is 1. The number of halogens is 1. The fraction of sp³-hybridized carbons (Fsp3) is 0.667. The van der Waals surface area contributed by atoms with Gasteiger partial charge in [-0.05, 0) is 28.8 Å². The van der Waals surface area contributed by atoms with Gasteiger partial charge in [-0.1, -0.05) is 19.3 Å². The quantitative estimate of drug-likeness (QED) is 0.839. The summed E-state index contributed by atoms with van der Waals surface area (Å²) in [6, 6.07) is 1.86. The van der Waals surface area contributed by atoms with Crippen molar-refractivity contribution in [1.29, 1.82) is 0 Å². The zero-order valence-corrected chi connectivity index (χ0v) is 11.4. The molecular weight excluding hydrogens is 282 g/mol. The van der Waals surface area contributed by atoms with Gasteiger partial charge in [0.25, 0.3) is 0 Å². The number of hydrogen-bond acceptors (Lipinski definition) is 4. The molecule has 0 saturated heterocycles. The summed E-state index contributed by atoms with van der Waals surface area (Å²) in [7, 11) is 0. The summed E-state index contributed by atoms with van der Waals surface area (Å²) < 4.78 is 0.775. The third-order valence-electron chi connectivity index (χ3n) is 3.53. The summed E-state index contributed by atoms with van der Waals surface area (Å²) in [4.78, 5) is 8.14. The van der Waals surface area contributed by atoms with E-state index in [0.29, 0.717) is 0 Å². The molecule has 94 valence electrons. The maximum absolute atomic E-state index is 9.59. The van der Waals surface area contributed by atoms with Crippen molar-refractivity contribution in [1.82, 2.24) is 9.97 Å². The summed E-state index contributed by atoms with van der Waals surface area (Å²) in [5, 5.41) is 12.9. The van der Waals surface area contributed by atoms with Crippen molar-refractivity contribution in [3.05, 3.63) is 17.0 Å². The van der Waals surface area contributed by atoms with E-state index in [2.05, 4.69) is 31.2 Å². The monoisotopic (exact) mass is 299 g/mol. The third-order valence-corrected chi connectivity index (χ3v) is 3.96. The van der Waals surface area contributed by atoms with Gasteiger partial charge in [0.1, 0.15) is 16.7 Å². The van der Waals surface area contributed by atoms with Crippen LogP contribution in [0.2, 0.25) is 0 Å². The van der Waals surface area contributed by atoms with E-state index in [0.717, 1.165) is 29.8 Å². The van der Waals surface area contributed by atoms with Gasteiger partial charge in [0.05, 0.1) is 6.61 Å². The SMILES string of the molecule is OCC1(CNc2cc(Br)ncn2)CCCCC1. The molecule has 2 rings (SSSR count). The minimum absolute atomic E-state index is 0.0374. The van der Waals surface area contributed by atoms with E-state index in [1.807, 2.05) is 6.07 Å². The second kappa shape index (κ2) is 5.78. The second-order valence-electron chi connectivity index (χ2n) is 4.80. The van der Waals surface area contributed by atoms with Gasteiger partial charge >= 0.3 is 0 Å². The summed E-state index contributed by atoms with van der Waals surface area (Å²) in [6.07, 6.45) is 7.45. The summed E-state index contributed by atoms with van der Waals surface area (Å²) >= 11 is 3.32. The highest BCUT2D eigenvalue weighted by Crippen LogP contribution is 2.35. The topological polar surface area (TPSA) is 58.0 Å². The molecule has 0 aliphatic heterocycles. The number of rotatable bonds is 4. The van der Waals surface area contributed by atoms with Crippen LogP contribution in [0, 0.1) is 5.41 Å². The number of anilines is 1. The van der Waals surface area contributed by atoms with Gasteiger partial charge in [0.2, 0.25) is 0 Å². The Morgan fingerprint density at radius 3 is 2.71 bits per heavy atom. The average molecular weight is 300 g/mol. The fourth-order valence-corrected chi connectivity index (χ4v) is 2.71. The molecule has 0 amide bonds. The number of hydrogen-bond donors (Lipinski definition) is 2. The van der Waals surface area contributed by atoms with E-state index in [1.165, 1.54) is 25.6 Å². The number of nitrogens with zero attached hydrogens (tertiary/aromatic N) is 2. The van der Waals surface area contributed by atoms with Crippen molar-refractivity contribution in [2.24, 2.45) is 5.41 Å². The first-order valence-electron chi connectivity index (χ1n) is 6.06. The molecule has 1 aliphatic carbocycles. The van der Waals surface area contributed by atoms with Crippen molar-refractivity contribution < 1.29 is 5.11 Å². The van der Waals surface area contributed by atoms with Crippen LogP contribution >= 0.6 is 15.9 Å². The average Bonchev–Trinajstić information content (AvgIpc) is 2.38. The van der Waals surface area contributed by atoms with Gasteiger partial charge in [0, 0.05) is 18.0 Å². The van der Waals surface area contributed by atoms with Crippen LogP contribution in [0.5, 0.6) is 0 Å². The highest BCUT2D eigenvalue weighted by molar-refractivity contribution is 9.10. The maximum Gasteiger partial charge on any atom is 0.130 e. The van der Waals surface area contributed by atoms with Gasteiger partial charge in [-0.25, -0.2) is 9.97 Å². The highest BCUT2D eigenvalue weighted by Gasteiger charge is 2.31. The summed E-state index contributed by atoms with van der Waals surface area (Å²) in [6.45, 7) is 1.04. The van der Waals surface area contributed by atoms with E-state index >= 15 is 0 Å². The zero-order chi connectivity index (χ0) is 12.1. The molecule has 17 heavy (non-hydrogen) atoms. The van der Waals surface area contributed by atoms with E-state index in [-0.39, 0.29) is 12.0 Å². The first-order chi connectivity index (χ1) is 8.24. The number of aliphatic hydroxyl groups is 1. The van der Waals surface area contributed by atoms with Gasteiger partial charge in [-0.15, -0.1) is 0 Å². The molecule has 1 aliphatic rings. The molecule has 1 fully saturated rings. The Morgan fingerprint density at radius 2 is 2.06 bits per heavy atom. The predicted molar refractivity (Wildman–Crippen MR) is 70.8 cm³/mol. The Bertz CT molecular complexity index is 367. The highest BCUT2D eigenvalue weighted by atomic mass is 79.9. The van der Waals surface area contributed by atoms with Crippen LogP contribution in [0.4, 0.5) is 5.82 Å². The molecule has 0 atom stereocenters. The molecule has 1 aromatic rings. The van der Waals surface area contributed by atoms with Crippen LogP contribution in [0.25, 0.3) is 0 Å². The van der Waals surface area contributed by atoms with Crippen molar-refractivity contribution in [3.8, 4) is 0 Å². The molecule has 0 spiro atoms. The van der Waals surface area contributed by atoms with Crippen LogP contribution in [-0.4, -0.2) is 28.2 Å². The van der Waals surface area contributed by atoms with Gasteiger partial charge in [-0.2, -0.15) is 0 Å². The van der Waals surface area contributed by atoms with Gasteiger partial charge < -0.3 is 10.4 Å². The molecule has 5 heteroatoms. The van der Waals surface area contributed by atoms with Crippen LogP contribution in [0.3, 0.4) is 0 Å². The molecule has 0 radical (unpaired) electrons. The minimum Gasteiger partial charge on any atom is -0.396 e. The summed E-state index contributed by atoms with van der Waals surface area (Å²) in [5.41, 5.74) is 0.0374. The van der Waals surface area contributed by atoms with Crippen molar-refractivity contribution in [3.63, 3.8) is 0 Å². The largest absolute Gasteiger partial charge is 0.396 e. The molecule has 1 heterocycles. The molecule has 2 N–H and O–H groups in total. The smallest absolute Gasteiger partial charge is 0.130 e. The van der Waals surface area contributed by atoms with Crippen molar-refractivity contribution >= 4 is 21.7 Å². The van der Waals surface area contributed by atoms with E-state index in [9.17, 15) is 5.11 Å². The lowest BCUT2D eigenvalue weighted by atomic mass is 9.74.